The van der Waals surface area contributed by atoms with Gasteiger partial charge in [-0.15, -0.1) is 24.0 Å². The maximum absolute atomic E-state index is 12.8. The summed E-state index contributed by atoms with van der Waals surface area (Å²) >= 11 is 0. The molecule has 0 aromatic rings. The van der Waals surface area contributed by atoms with Crippen LogP contribution in [0.1, 0.15) is 34.1 Å². The van der Waals surface area contributed by atoms with E-state index in [-0.39, 0.29) is 42.3 Å². The average molecular weight is 551 g/mol. The lowest BCUT2D eigenvalue weighted by Crippen LogP contribution is -2.55. The van der Waals surface area contributed by atoms with Crippen molar-refractivity contribution in [2.24, 2.45) is 22.7 Å². The van der Waals surface area contributed by atoms with E-state index >= 15 is 0 Å². The van der Waals surface area contributed by atoms with E-state index in [1.165, 1.54) is 6.42 Å². The Labute approximate surface area is 205 Å². The molecule has 8 nitrogen and oxygen atoms in total. The van der Waals surface area contributed by atoms with Crippen LogP contribution in [0.15, 0.2) is 4.99 Å². The van der Waals surface area contributed by atoms with Crippen molar-refractivity contribution >= 4 is 41.8 Å². The average Bonchev–Trinajstić information content (AvgIpc) is 2.67. The standard InChI is InChI=1S/C22H42N6O2.HI/c1-17(2)12-23-22(24-13-20(29)25(5)6)27-9-7-26(8-10-27)16-21(30)28-14-18(3)11-19(4)15-28;/h17-19H,7-16H2,1-6H3,(H,23,24);1H. The minimum absolute atomic E-state index is 0. The summed E-state index contributed by atoms with van der Waals surface area (Å²) in [6.07, 6.45) is 1.21. The van der Waals surface area contributed by atoms with Gasteiger partial charge in [0.1, 0.15) is 6.54 Å². The Bertz CT molecular complexity index is 595. The molecule has 2 saturated heterocycles. The van der Waals surface area contributed by atoms with Gasteiger partial charge in [0.25, 0.3) is 0 Å². The number of carbonyl (C=O) groups is 2. The summed E-state index contributed by atoms with van der Waals surface area (Å²) in [6, 6.07) is 0. The SMILES string of the molecule is CC(C)CNC(=NCC(=O)N(C)C)N1CCN(CC(=O)N2CC(C)CC(C)C2)CC1.I. The highest BCUT2D eigenvalue weighted by atomic mass is 127. The summed E-state index contributed by atoms with van der Waals surface area (Å²) in [4.78, 5) is 37.4. The Balaban J connectivity index is 0.00000480. The molecule has 31 heavy (non-hydrogen) atoms. The molecule has 1 N–H and O–H groups in total. The smallest absolute Gasteiger partial charge is 0.243 e. The van der Waals surface area contributed by atoms with Crippen LogP contribution in [0.25, 0.3) is 0 Å². The van der Waals surface area contributed by atoms with E-state index in [2.05, 4.69) is 52.7 Å². The lowest BCUT2D eigenvalue weighted by atomic mass is 9.92. The second-order valence-corrected chi connectivity index (χ2v) is 9.71. The Kier molecular flexibility index (Phi) is 12.1. The number of piperazine rings is 1. The number of hydrogen-bond acceptors (Lipinski definition) is 4. The van der Waals surface area contributed by atoms with Gasteiger partial charge in [-0.25, -0.2) is 4.99 Å². The molecule has 0 bridgehead atoms. The van der Waals surface area contributed by atoms with Crippen LogP contribution in [-0.2, 0) is 9.59 Å². The molecule has 0 aromatic carbocycles. The lowest BCUT2D eigenvalue weighted by molar-refractivity contribution is -0.135. The molecule has 2 aliphatic rings. The van der Waals surface area contributed by atoms with Gasteiger partial charge in [0.2, 0.25) is 11.8 Å². The van der Waals surface area contributed by atoms with E-state index in [9.17, 15) is 9.59 Å². The molecule has 2 heterocycles. The second-order valence-electron chi connectivity index (χ2n) is 9.71. The Morgan fingerprint density at radius 3 is 2.13 bits per heavy atom. The van der Waals surface area contributed by atoms with Crippen LogP contribution in [0, 0.1) is 17.8 Å². The zero-order valence-electron chi connectivity index (χ0n) is 20.3. The van der Waals surface area contributed by atoms with E-state index in [4.69, 9.17) is 0 Å². The van der Waals surface area contributed by atoms with Gasteiger partial charge in [0, 0.05) is 59.9 Å². The molecule has 0 saturated carbocycles. The summed E-state index contributed by atoms with van der Waals surface area (Å²) in [6.45, 7) is 15.3. The van der Waals surface area contributed by atoms with Gasteiger partial charge in [-0.05, 0) is 24.2 Å². The van der Waals surface area contributed by atoms with Crippen molar-refractivity contribution < 1.29 is 9.59 Å². The Hall–Kier alpha value is -1.10. The largest absolute Gasteiger partial charge is 0.356 e. The first-order chi connectivity index (χ1) is 14.2. The molecule has 2 rings (SSSR count). The van der Waals surface area contributed by atoms with Gasteiger partial charge in [-0.3, -0.25) is 14.5 Å². The fourth-order valence-corrected chi connectivity index (χ4v) is 4.12. The quantitative estimate of drug-likeness (QED) is 0.308. The summed E-state index contributed by atoms with van der Waals surface area (Å²) in [5.41, 5.74) is 0. The molecular weight excluding hydrogens is 507 g/mol. The summed E-state index contributed by atoms with van der Waals surface area (Å²) in [7, 11) is 3.50. The van der Waals surface area contributed by atoms with E-state index in [1.54, 1.807) is 19.0 Å². The third-order valence-corrected chi connectivity index (χ3v) is 5.78. The molecule has 9 heteroatoms. The number of amides is 2. The molecule has 2 unspecified atom stereocenters. The van der Waals surface area contributed by atoms with Crippen molar-refractivity contribution in [1.29, 1.82) is 0 Å². The molecule has 0 radical (unpaired) electrons. The number of rotatable bonds is 6. The summed E-state index contributed by atoms with van der Waals surface area (Å²) in [5, 5.41) is 3.41. The van der Waals surface area contributed by atoms with Gasteiger partial charge in [0.15, 0.2) is 5.96 Å². The number of guanidine groups is 1. The molecule has 2 fully saturated rings. The van der Waals surface area contributed by atoms with Crippen molar-refractivity contribution in [3.05, 3.63) is 0 Å². The van der Waals surface area contributed by atoms with Crippen molar-refractivity contribution in [2.75, 3.05) is 73.0 Å². The van der Waals surface area contributed by atoms with Crippen LogP contribution in [0.4, 0.5) is 0 Å². The molecule has 0 aliphatic carbocycles. The minimum atomic E-state index is -0.00642. The van der Waals surface area contributed by atoms with E-state index in [0.29, 0.717) is 24.3 Å². The topological polar surface area (TPSA) is 71.5 Å². The van der Waals surface area contributed by atoms with E-state index in [1.807, 2.05) is 0 Å². The maximum atomic E-state index is 12.8. The Morgan fingerprint density at radius 2 is 1.61 bits per heavy atom. The van der Waals surface area contributed by atoms with Crippen LogP contribution >= 0.6 is 24.0 Å². The zero-order valence-corrected chi connectivity index (χ0v) is 22.6. The molecule has 2 atom stereocenters. The third kappa shape index (κ3) is 9.51. The van der Waals surface area contributed by atoms with Crippen LogP contribution in [-0.4, -0.2) is 110 Å². The van der Waals surface area contributed by atoms with Crippen LogP contribution in [0.3, 0.4) is 0 Å². The number of nitrogens with zero attached hydrogens (tertiary/aromatic N) is 5. The molecule has 180 valence electrons. The number of nitrogens with one attached hydrogen (secondary N) is 1. The van der Waals surface area contributed by atoms with Crippen molar-refractivity contribution in [1.82, 2.24) is 24.9 Å². The van der Waals surface area contributed by atoms with Crippen molar-refractivity contribution in [2.45, 2.75) is 34.1 Å². The highest BCUT2D eigenvalue weighted by Gasteiger charge is 2.28. The monoisotopic (exact) mass is 550 g/mol. The molecule has 0 spiro atoms. The first-order valence-corrected chi connectivity index (χ1v) is 11.4. The van der Waals surface area contributed by atoms with Crippen LogP contribution in [0.5, 0.6) is 0 Å². The van der Waals surface area contributed by atoms with Crippen LogP contribution < -0.4 is 5.32 Å². The highest BCUT2D eigenvalue weighted by Crippen LogP contribution is 2.21. The van der Waals surface area contributed by atoms with E-state index < -0.39 is 0 Å². The van der Waals surface area contributed by atoms with Gasteiger partial charge in [-0.1, -0.05) is 27.7 Å². The predicted octanol–water partition coefficient (Wildman–Crippen LogP) is 1.42. The molecule has 2 amide bonds. The summed E-state index contributed by atoms with van der Waals surface area (Å²) < 4.78 is 0. The van der Waals surface area contributed by atoms with Gasteiger partial charge in [0.05, 0.1) is 6.54 Å². The zero-order chi connectivity index (χ0) is 22.3. The van der Waals surface area contributed by atoms with E-state index in [0.717, 1.165) is 51.8 Å². The van der Waals surface area contributed by atoms with Crippen molar-refractivity contribution in [3.63, 3.8) is 0 Å². The number of likely N-dealkylation sites (tertiary alicyclic amines) is 1. The van der Waals surface area contributed by atoms with Gasteiger partial charge >= 0.3 is 0 Å². The molecule has 0 aromatic heterocycles. The highest BCUT2D eigenvalue weighted by molar-refractivity contribution is 14.0. The summed E-state index contributed by atoms with van der Waals surface area (Å²) in [5.74, 6) is 2.71. The first kappa shape index (κ1) is 27.9. The predicted molar refractivity (Wildman–Crippen MR) is 137 cm³/mol. The first-order valence-electron chi connectivity index (χ1n) is 11.4. The lowest BCUT2D eigenvalue weighted by Gasteiger charge is -2.39. The number of hydrogen-bond donors (Lipinski definition) is 1. The third-order valence-electron chi connectivity index (χ3n) is 5.78. The number of halogens is 1. The van der Waals surface area contributed by atoms with Gasteiger partial charge < -0.3 is 20.0 Å². The molecular formula is C22H43IN6O2. The van der Waals surface area contributed by atoms with Crippen LogP contribution in [0.2, 0.25) is 0 Å². The number of piperidine rings is 1. The minimum Gasteiger partial charge on any atom is -0.356 e. The Morgan fingerprint density at radius 1 is 1.03 bits per heavy atom. The fourth-order valence-electron chi connectivity index (χ4n) is 4.12. The molecule has 2 aliphatic heterocycles. The number of carbonyl (C=O) groups excluding carboxylic acids is 2. The van der Waals surface area contributed by atoms with Gasteiger partial charge in [-0.2, -0.15) is 0 Å². The maximum Gasteiger partial charge on any atom is 0.243 e. The number of aliphatic imine (C=N–C) groups is 1. The second kappa shape index (κ2) is 13.4. The van der Waals surface area contributed by atoms with Crippen molar-refractivity contribution in [3.8, 4) is 0 Å². The fraction of sp³-hybridized carbons (Fsp3) is 0.864. The normalized spacial score (nSPS) is 22.9. The number of likely N-dealkylation sites (N-methyl/N-ethyl adjacent to an activating group) is 1.